The van der Waals surface area contributed by atoms with Gasteiger partial charge in [-0.25, -0.2) is 4.39 Å². The summed E-state index contributed by atoms with van der Waals surface area (Å²) in [4.78, 5) is 12.2. The van der Waals surface area contributed by atoms with Crippen LogP contribution in [0.25, 0.3) is 0 Å². The molecule has 19 heavy (non-hydrogen) atoms. The number of carbonyl (C=O) groups is 1. The molecule has 0 aliphatic rings. The summed E-state index contributed by atoms with van der Waals surface area (Å²) in [6.07, 6.45) is 0.204. The van der Waals surface area contributed by atoms with E-state index in [1.54, 1.807) is 12.1 Å². The van der Waals surface area contributed by atoms with Crippen LogP contribution in [0.1, 0.15) is 21.5 Å². The van der Waals surface area contributed by atoms with Crippen molar-refractivity contribution >= 4 is 33.3 Å². The predicted octanol–water partition coefficient (Wildman–Crippen LogP) is 4.98. The summed E-state index contributed by atoms with van der Waals surface area (Å²) in [5.74, 6) is -0.497. The van der Waals surface area contributed by atoms with Gasteiger partial charge < -0.3 is 0 Å². The van der Waals surface area contributed by atoms with Crippen LogP contribution in [-0.2, 0) is 6.42 Å². The molecule has 2 aromatic carbocycles. The van der Waals surface area contributed by atoms with E-state index >= 15 is 0 Å². The first-order valence-corrected chi connectivity index (χ1v) is 6.87. The third-order valence-corrected chi connectivity index (χ3v) is 3.46. The molecule has 0 N–H and O–H groups in total. The molecule has 0 bridgehead atoms. The molecule has 1 nitrogen and oxygen atoms in total. The van der Waals surface area contributed by atoms with Crippen molar-refractivity contribution in [2.45, 2.75) is 13.3 Å². The molecule has 0 unspecified atom stereocenters. The zero-order chi connectivity index (χ0) is 14.0. The lowest BCUT2D eigenvalue weighted by molar-refractivity contribution is 0.0993. The van der Waals surface area contributed by atoms with E-state index in [0.717, 1.165) is 10.0 Å². The Morgan fingerprint density at radius 1 is 1.26 bits per heavy atom. The largest absolute Gasteiger partial charge is 0.294 e. The number of aryl methyl sites for hydroxylation is 1. The number of carbonyl (C=O) groups excluding carboxylic acids is 1. The number of hydrogen-bond donors (Lipinski definition) is 0. The third kappa shape index (κ3) is 3.64. The zero-order valence-electron chi connectivity index (χ0n) is 10.2. The van der Waals surface area contributed by atoms with E-state index in [-0.39, 0.29) is 17.2 Å². The molecule has 98 valence electrons. The number of Topliss-reactive ketones (excluding diaryl/α,β-unsaturated/α-hetero) is 1. The topological polar surface area (TPSA) is 17.1 Å². The Kier molecular flexibility index (Phi) is 4.38. The van der Waals surface area contributed by atoms with Gasteiger partial charge in [-0.15, -0.1) is 0 Å². The van der Waals surface area contributed by atoms with Crippen LogP contribution in [0.5, 0.6) is 0 Å². The average molecular weight is 342 g/mol. The van der Waals surface area contributed by atoms with Crippen LogP contribution < -0.4 is 0 Å². The number of ketones is 1. The lowest BCUT2D eigenvalue weighted by atomic mass is 10.0. The fourth-order valence-electron chi connectivity index (χ4n) is 1.83. The number of benzene rings is 2. The minimum atomic E-state index is -0.476. The molecule has 0 atom stereocenters. The van der Waals surface area contributed by atoms with Crippen LogP contribution in [0.15, 0.2) is 40.9 Å². The summed E-state index contributed by atoms with van der Waals surface area (Å²) in [6.45, 7) is 1.93. The molecular formula is C15H11BrClFO. The summed E-state index contributed by atoms with van der Waals surface area (Å²) in [6, 6.07) is 9.88. The molecule has 0 saturated heterocycles. The van der Waals surface area contributed by atoms with Gasteiger partial charge in [-0.3, -0.25) is 4.79 Å². The Morgan fingerprint density at radius 2 is 2.00 bits per heavy atom. The van der Waals surface area contributed by atoms with E-state index < -0.39 is 5.82 Å². The zero-order valence-corrected chi connectivity index (χ0v) is 12.6. The summed E-state index contributed by atoms with van der Waals surface area (Å²) < 4.78 is 13.9. The molecule has 4 heteroatoms. The normalized spacial score (nSPS) is 10.5. The van der Waals surface area contributed by atoms with Crippen LogP contribution in [0.2, 0.25) is 5.02 Å². The highest BCUT2D eigenvalue weighted by molar-refractivity contribution is 9.10. The maximum absolute atomic E-state index is 13.0. The van der Waals surface area contributed by atoms with Gasteiger partial charge in [-0.05, 0) is 48.4 Å². The van der Waals surface area contributed by atoms with E-state index in [0.29, 0.717) is 11.1 Å². The van der Waals surface area contributed by atoms with E-state index in [4.69, 9.17) is 11.6 Å². The van der Waals surface area contributed by atoms with Crippen molar-refractivity contribution in [3.63, 3.8) is 0 Å². The van der Waals surface area contributed by atoms with Crippen LogP contribution in [0, 0.1) is 12.7 Å². The van der Waals surface area contributed by atoms with Gasteiger partial charge in [-0.1, -0.05) is 33.6 Å². The molecule has 2 aromatic rings. The van der Waals surface area contributed by atoms with Gasteiger partial charge in [0.05, 0.1) is 5.02 Å². The molecule has 0 fully saturated rings. The van der Waals surface area contributed by atoms with Gasteiger partial charge in [0, 0.05) is 16.5 Å². The Balaban J connectivity index is 2.22. The van der Waals surface area contributed by atoms with Crippen LogP contribution in [0.3, 0.4) is 0 Å². The van der Waals surface area contributed by atoms with Crippen molar-refractivity contribution in [2.75, 3.05) is 0 Å². The smallest absolute Gasteiger partial charge is 0.167 e. The Labute approximate surface area is 124 Å². The van der Waals surface area contributed by atoms with Gasteiger partial charge in [-0.2, -0.15) is 0 Å². The fourth-order valence-corrected chi connectivity index (χ4v) is 2.65. The quantitative estimate of drug-likeness (QED) is 0.720. The van der Waals surface area contributed by atoms with Crippen molar-refractivity contribution in [1.82, 2.24) is 0 Å². The van der Waals surface area contributed by atoms with Crippen molar-refractivity contribution in [2.24, 2.45) is 0 Å². The molecule has 0 radical (unpaired) electrons. The van der Waals surface area contributed by atoms with Gasteiger partial charge in [0.1, 0.15) is 5.82 Å². The van der Waals surface area contributed by atoms with Gasteiger partial charge in [0.25, 0.3) is 0 Å². The molecule has 0 aromatic heterocycles. The fraction of sp³-hybridized carbons (Fsp3) is 0.133. The van der Waals surface area contributed by atoms with Gasteiger partial charge in [0.2, 0.25) is 0 Å². The van der Waals surface area contributed by atoms with Crippen molar-refractivity contribution in [1.29, 1.82) is 0 Å². The molecule has 0 aliphatic heterocycles. The van der Waals surface area contributed by atoms with E-state index in [1.807, 2.05) is 19.1 Å². The molecule has 0 aliphatic carbocycles. The Morgan fingerprint density at radius 3 is 2.63 bits per heavy atom. The maximum Gasteiger partial charge on any atom is 0.167 e. The van der Waals surface area contributed by atoms with Crippen LogP contribution in [0.4, 0.5) is 4.39 Å². The van der Waals surface area contributed by atoms with Gasteiger partial charge in [0.15, 0.2) is 5.78 Å². The second-order valence-corrected chi connectivity index (χ2v) is 5.69. The summed E-state index contributed by atoms with van der Waals surface area (Å²) >= 11 is 9.06. The minimum absolute atomic E-state index is 0.0212. The minimum Gasteiger partial charge on any atom is -0.294 e. The predicted molar refractivity (Wildman–Crippen MR) is 78.3 cm³/mol. The Bertz CT molecular complexity index is 620. The molecule has 0 saturated carbocycles. The third-order valence-electron chi connectivity index (χ3n) is 2.71. The molecule has 0 amide bonds. The highest BCUT2D eigenvalue weighted by Crippen LogP contribution is 2.20. The molecule has 0 heterocycles. The lowest BCUT2D eigenvalue weighted by Crippen LogP contribution is -2.04. The van der Waals surface area contributed by atoms with Crippen molar-refractivity contribution < 1.29 is 9.18 Å². The second kappa shape index (κ2) is 5.85. The van der Waals surface area contributed by atoms with Crippen LogP contribution in [-0.4, -0.2) is 5.78 Å². The number of rotatable bonds is 3. The van der Waals surface area contributed by atoms with Crippen molar-refractivity contribution in [3.8, 4) is 0 Å². The number of hydrogen-bond acceptors (Lipinski definition) is 1. The summed E-state index contributed by atoms with van der Waals surface area (Å²) in [5.41, 5.74) is 2.34. The van der Waals surface area contributed by atoms with Crippen LogP contribution >= 0.6 is 27.5 Å². The molecule has 2 rings (SSSR count). The average Bonchev–Trinajstić information content (AvgIpc) is 2.32. The SMILES string of the molecule is Cc1cc(Br)cc(C(=O)Cc2ccc(F)c(Cl)c2)c1. The highest BCUT2D eigenvalue weighted by Gasteiger charge is 2.10. The van der Waals surface area contributed by atoms with Crippen molar-refractivity contribution in [3.05, 3.63) is 68.4 Å². The van der Waals surface area contributed by atoms with E-state index in [9.17, 15) is 9.18 Å². The van der Waals surface area contributed by atoms with E-state index in [1.165, 1.54) is 12.1 Å². The summed E-state index contributed by atoms with van der Waals surface area (Å²) in [5, 5.41) is 0.0377. The lowest BCUT2D eigenvalue weighted by Gasteiger charge is -2.05. The van der Waals surface area contributed by atoms with E-state index in [2.05, 4.69) is 15.9 Å². The first-order chi connectivity index (χ1) is 8.95. The monoisotopic (exact) mass is 340 g/mol. The Hall–Kier alpha value is -1.19. The second-order valence-electron chi connectivity index (χ2n) is 4.37. The molecule has 0 spiro atoms. The van der Waals surface area contributed by atoms with Gasteiger partial charge >= 0.3 is 0 Å². The first-order valence-electron chi connectivity index (χ1n) is 5.70. The standard InChI is InChI=1S/C15H11BrClFO/c1-9-4-11(8-12(16)5-9)15(19)7-10-2-3-14(18)13(17)6-10/h2-6,8H,7H2,1H3. The number of halogens is 3. The summed E-state index contributed by atoms with van der Waals surface area (Å²) in [7, 11) is 0. The molecular weight excluding hydrogens is 331 g/mol. The maximum atomic E-state index is 13.0. The first kappa shape index (κ1) is 14.2. The highest BCUT2D eigenvalue weighted by atomic mass is 79.9.